The molecule has 0 bridgehead atoms. The van der Waals surface area contributed by atoms with Crippen LogP contribution in [0.2, 0.25) is 5.02 Å². The number of nitrogen functional groups attached to an aromatic ring is 1. The second-order valence-electron chi connectivity index (χ2n) is 3.39. The minimum absolute atomic E-state index is 0.425. The minimum Gasteiger partial charge on any atom is -0.496 e. The zero-order valence-corrected chi connectivity index (χ0v) is 11.4. The molecule has 17 heavy (non-hydrogen) atoms. The van der Waals surface area contributed by atoms with Gasteiger partial charge in [0.05, 0.1) is 17.8 Å². The van der Waals surface area contributed by atoms with Crippen LogP contribution in [0.3, 0.4) is 0 Å². The Bertz CT molecular complexity index is 560. The maximum Gasteiger partial charge on any atom is 0.126 e. The molecule has 1 aromatic heterocycles. The molecule has 0 fully saturated rings. The van der Waals surface area contributed by atoms with E-state index in [4.69, 9.17) is 22.1 Å². The first-order valence-corrected chi connectivity index (χ1v) is 6.05. The number of ether oxygens (including phenoxy) is 1. The molecule has 5 heteroatoms. The summed E-state index contributed by atoms with van der Waals surface area (Å²) >= 11 is 9.36. The predicted molar refractivity (Wildman–Crippen MR) is 73.3 cm³/mol. The van der Waals surface area contributed by atoms with Gasteiger partial charge in [0.1, 0.15) is 10.4 Å². The first-order chi connectivity index (χ1) is 8.15. The van der Waals surface area contributed by atoms with Crippen LogP contribution in [0.25, 0.3) is 11.1 Å². The van der Waals surface area contributed by atoms with Crippen molar-refractivity contribution in [3.8, 4) is 16.9 Å². The summed E-state index contributed by atoms with van der Waals surface area (Å²) in [4.78, 5) is 4.14. The molecule has 0 radical (unpaired) electrons. The molecule has 2 rings (SSSR count). The third kappa shape index (κ3) is 2.23. The molecule has 3 nitrogen and oxygen atoms in total. The molecule has 0 amide bonds. The summed E-state index contributed by atoms with van der Waals surface area (Å²) in [5, 5.41) is 0.425. The van der Waals surface area contributed by atoms with Gasteiger partial charge in [0.15, 0.2) is 0 Å². The van der Waals surface area contributed by atoms with E-state index < -0.39 is 0 Å². The number of benzene rings is 1. The van der Waals surface area contributed by atoms with Crippen molar-refractivity contribution in [1.82, 2.24) is 4.98 Å². The van der Waals surface area contributed by atoms with Crippen LogP contribution < -0.4 is 10.5 Å². The number of nitrogens with two attached hydrogens (primary N) is 1. The topological polar surface area (TPSA) is 48.1 Å². The number of aromatic nitrogens is 1. The van der Waals surface area contributed by atoms with E-state index in [-0.39, 0.29) is 0 Å². The van der Waals surface area contributed by atoms with Gasteiger partial charge in [-0.05, 0) is 22.0 Å². The second-order valence-corrected chi connectivity index (χ2v) is 4.54. The van der Waals surface area contributed by atoms with E-state index in [0.29, 0.717) is 15.3 Å². The molecule has 0 saturated heterocycles. The Balaban J connectivity index is 2.72. The van der Waals surface area contributed by atoms with Crippen molar-refractivity contribution >= 4 is 33.2 Å². The van der Waals surface area contributed by atoms with Gasteiger partial charge in [-0.2, -0.15) is 0 Å². The normalized spacial score (nSPS) is 10.3. The van der Waals surface area contributed by atoms with Crippen molar-refractivity contribution in [2.24, 2.45) is 0 Å². The number of para-hydroxylation sites is 1. The van der Waals surface area contributed by atoms with Crippen LogP contribution in [0.4, 0.5) is 5.69 Å². The van der Waals surface area contributed by atoms with Crippen LogP contribution in [0.5, 0.6) is 5.75 Å². The summed E-state index contributed by atoms with van der Waals surface area (Å²) in [6, 6.07) is 7.57. The lowest BCUT2D eigenvalue weighted by molar-refractivity contribution is 0.416. The van der Waals surface area contributed by atoms with Gasteiger partial charge in [0.2, 0.25) is 0 Å². The number of hydrogen-bond donors (Lipinski definition) is 1. The number of methoxy groups -OCH3 is 1. The first-order valence-electron chi connectivity index (χ1n) is 4.88. The fourth-order valence-corrected chi connectivity index (χ4v) is 2.26. The Morgan fingerprint density at radius 3 is 2.76 bits per heavy atom. The van der Waals surface area contributed by atoms with Crippen molar-refractivity contribution in [3.05, 3.63) is 40.1 Å². The highest BCUT2D eigenvalue weighted by Gasteiger charge is 2.15. The minimum atomic E-state index is 0.425. The quantitative estimate of drug-likeness (QED) is 0.859. The van der Waals surface area contributed by atoms with Crippen molar-refractivity contribution in [1.29, 1.82) is 0 Å². The van der Waals surface area contributed by atoms with Gasteiger partial charge in [0, 0.05) is 17.3 Å². The monoisotopic (exact) mass is 312 g/mol. The highest BCUT2D eigenvalue weighted by molar-refractivity contribution is 9.10. The van der Waals surface area contributed by atoms with Gasteiger partial charge in [-0.1, -0.05) is 29.8 Å². The van der Waals surface area contributed by atoms with E-state index in [0.717, 1.165) is 16.9 Å². The molecule has 2 N–H and O–H groups in total. The molecule has 0 atom stereocenters. The van der Waals surface area contributed by atoms with Crippen LogP contribution in [0.15, 0.2) is 35.1 Å². The van der Waals surface area contributed by atoms with Crippen molar-refractivity contribution in [2.75, 3.05) is 12.8 Å². The van der Waals surface area contributed by atoms with E-state index >= 15 is 0 Å². The second kappa shape index (κ2) is 4.94. The summed E-state index contributed by atoms with van der Waals surface area (Å²) in [5.41, 5.74) is 8.07. The predicted octanol–water partition coefficient (Wildman–Crippen LogP) is 3.76. The van der Waals surface area contributed by atoms with Gasteiger partial charge in [0.25, 0.3) is 0 Å². The SMILES string of the molecule is COc1ccccc1-c1c(Br)ncc(Cl)c1N. The lowest BCUT2D eigenvalue weighted by atomic mass is 10.1. The maximum atomic E-state index is 5.98. The molecule has 2 aromatic rings. The van der Waals surface area contributed by atoms with Crippen LogP contribution in [-0.2, 0) is 0 Å². The van der Waals surface area contributed by atoms with E-state index in [2.05, 4.69) is 20.9 Å². The van der Waals surface area contributed by atoms with Gasteiger partial charge in [-0.25, -0.2) is 4.98 Å². The third-order valence-corrected chi connectivity index (χ3v) is 3.30. The largest absolute Gasteiger partial charge is 0.496 e. The molecular formula is C12H10BrClN2O. The van der Waals surface area contributed by atoms with Crippen molar-refractivity contribution in [2.45, 2.75) is 0 Å². The number of hydrogen-bond acceptors (Lipinski definition) is 3. The van der Waals surface area contributed by atoms with Gasteiger partial charge >= 0.3 is 0 Å². The van der Waals surface area contributed by atoms with Crippen LogP contribution in [0.1, 0.15) is 0 Å². The fraction of sp³-hybridized carbons (Fsp3) is 0.0833. The number of nitrogens with zero attached hydrogens (tertiary/aromatic N) is 1. The highest BCUT2D eigenvalue weighted by atomic mass is 79.9. The Labute approximate surface area is 113 Å². The van der Waals surface area contributed by atoms with Crippen molar-refractivity contribution < 1.29 is 4.74 Å². The smallest absolute Gasteiger partial charge is 0.126 e. The molecule has 0 aliphatic rings. The van der Waals surface area contributed by atoms with Gasteiger partial charge < -0.3 is 10.5 Å². The maximum absolute atomic E-state index is 5.98. The Hall–Kier alpha value is -1.26. The molecule has 0 aliphatic carbocycles. The number of anilines is 1. The fourth-order valence-electron chi connectivity index (χ4n) is 1.59. The van der Waals surface area contributed by atoms with E-state index in [1.165, 1.54) is 6.20 Å². The first kappa shape index (κ1) is 12.2. The molecule has 1 aromatic carbocycles. The lowest BCUT2D eigenvalue weighted by Gasteiger charge is -2.12. The average Bonchev–Trinajstić information content (AvgIpc) is 2.35. The molecular weight excluding hydrogens is 304 g/mol. The van der Waals surface area contributed by atoms with E-state index in [9.17, 15) is 0 Å². The van der Waals surface area contributed by atoms with Crippen LogP contribution in [0, 0.1) is 0 Å². The highest BCUT2D eigenvalue weighted by Crippen LogP contribution is 2.40. The van der Waals surface area contributed by atoms with Crippen LogP contribution >= 0.6 is 27.5 Å². The van der Waals surface area contributed by atoms with E-state index in [1.807, 2.05) is 24.3 Å². The molecule has 0 unspecified atom stereocenters. The molecule has 88 valence electrons. The summed E-state index contributed by atoms with van der Waals surface area (Å²) in [6.45, 7) is 0. The zero-order valence-electron chi connectivity index (χ0n) is 9.08. The third-order valence-electron chi connectivity index (χ3n) is 2.40. The molecule has 1 heterocycles. The summed E-state index contributed by atoms with van der Waals surface area (Å²) in [5.74, 6) is 0.726. The standard InChI is InChI=1S/C12H10BrClN2O/c1-17-9-5-3-2-4-7(9)10-11(15)8(14)6-16-12(10)13/h2-6H,1H3,(H2,15,16). The average molecular weight is 314 g/mol. The van der Waals surface area contributed by atoms with Gasteiger partial charge in [-0.15, -0.1) is 0 Å². The van der Waals surface area contributed by atoms with E-state index in [1.54, 1.807) is 7.11 Å². The molecule has 0 spiro atoms. The van der Waals surface area contributed by atoms with Crippen LogP contribution in [-0.4, -0.2) is 12.1 Å². The molecule has 0 aliphatic heterocycles. The molecule has 0 saturated carbocycles. The zero-order chi connectivity index (χ0) is 12.4. The number of rotatable bonds is 2. The van der Waals surface area contributed by atoms with Crippen molar-refractivity contribution in [3.63, 3.8) is 0 Å². The Morgan fingerprint density at radius 2 is 2.06 bits per heavy atom. The Morgan fingerprint density at radius 1 is 1.35 bits per heavy atom. The number of halogens is 2. The summed E-state index contributed by atoms with van der Waals surface area (Å²) in [6.07, 6.45) is 1.51. The summed E-state index contributed by atoms with van der Waals surface area (Å²) < 4.78 is 5.94. The van der Waals surface area contributed by atoms with Gasteiger partial charge in [-0.3, -0.25) is 0 Å². The lowest BCUT2D eigenvalue weighted by Crippen LogP contribution is -1.96. The summed E-state index contributed by atoms with van der Waals surface area (Å²) in [7, 11) is 1.61. The number of pyridine rings is 1. The Kier molecular flexibility index (Phi) is 3.54.